The molecule has 6 nitrogen and oxygen atoms in total. The van der Waals surface area contributed by atoms with E-state index in [9.17, 15) is 9.59 Å². The number of nitrogens with one attached hydrogen (secondary N) is 2. The minimum atomic E-state index is -0.264. The first kappa shape index (κ1) is 21.1. The maximum atomic E-state index is 12.6. The zero-order chi connectivity index (χ0) is 21.8. The van der Waals surface area contributed by atoms with Gasteiger partial charge in [-0.05, 0) is 72.9 Å². The van der Waals surface area contributed by atoms with E-state index in [-0.39, 0.29) is 17.9 Å². The molecule has 3 aromatic rings. The molecule has 1 atom stereocenters. The average Bonchev–Trinajstić information content (AvgIpc) is 2.79. The Bertz CT molecular complexity index is 1120. The maximum absolute atomic E-state index is 12.6. The highest BCUT2D eigenvalue weighted by Gasteiger charge is 2.21. The van der Waals surface area contributed by atoms with Gasteiger partial charge in [0.05, 0.1) is 0 Å². The van der Waals surface area contributed by atoms with E-state index in [2.05, 4.69) is 37.6 Å². The molecule has 7 heteroatoms. The highest BCUT2D eigenvalue weighted by Crippen LogP contribution is 2.29. The van der Waals surface area contributed by atoms with E-state index in [1.165, 1.54) is 5.56 Å². The number of halogens is 1. The summed E-state index contributed by atoms with van der Waals surface area (Å²) in [7, 11) is 1.56. The number of hydrogen-bond acceptors (Lipinski definition) is 4. The van der Waals surface area contributed by atoms with Gasteiger partial charge in [0, 0.05) is 35.4 Å². The second-order valence-electron chi connectivity index (χ2n) is 7.41. The Morgan fingerprint density at radius 3 is 2.55 bits per heavy atom. The van der Waals surface area contributed by atoms with Gasteiger partial charge in [0.1, 0.15) is 17.2 Å². The summed E-state index contributed by atoms with van der Waals surface area (Å²) >= 11 is 3.39. The third-order valence-corrected chi connectivity index (χ3v) is 5.80. The summed E-state index contributed by atoms with van der Waals surface area (Å²) in [5.74, 6) is 0.907. The average molecular weight is 480 g/mol. The minimum Gasteiger partial charge on any atom is -0.457 e. The zero-order valence-corrected chi connectivity index (χ0v) is 18.6. The molecule has 0 spiro atoms. The number of benzene rings is 2. The first-order valence-corrected chi connectivity index (χ1v) is 10.9. The van der Waals surface area contributed by atoms with Gasteiger partial charge < -0.3 is 15.4 Å². The summed E-state index contributed by atoms with van der Waals surface area (Å²) in [6.07, 6.45) is 4.09. The highest BCUT2D eigenvalue weighted by atomic mass is 79.9. The van der Waals surface area contributed by atoms with E-state index in [1.54, 1.807) is 25.4 Å². The van der Waals surface area contributed by atoms with Crippen molar-refractivity contribution < 1.29 is 14.3 Å². The molecular weight excluding hydrogens is 458 g/mol. The largest absolute Gasteiger partial charge is 0.457 e. The monoisotopic (exact) mass is 479 g/mol. The number of nitrogens with zero attached hydrogens (tertiary/aromatic N) is 1. The van der Waals surface area contributed by atoms with Crippen LogP contribution in [0.25, 0.3) is 0 Å². The topological polar surface area (TPSA) is 80.3 Å². The first-order valence-electron chi connectivity index (χ1n) is 10.1. The lowest BCUT2D eigenvalue weighted by molar-refractivity contribution is 0.0931. The van der Waals surface area contributed by atoms with E-state index in [1.807, 2.05) is 36.4 Å². The number of carbonyl (C=O) groups is 2. The predicted octanol–water partition coefficient (Wildman–Crippen LogP) is 4.28. The van der Waals surface area contributed by atoms with Crippen LogP contribution in [-0.2, 0) is 12.8 Å². The number of hydrogen-bond donors (Lipinski definition) is 2. The Balaban J connectivity index is 1.45. The Kier molecular flexibility index (Phi) is 6.32. The second-order valence-corrected chi connectivity index (χ2v) is 8.32. The lowest BCUT2D eigenvalue weighted by Crippen LogP contribution is -2.38. The van der Waals surface area contributed by atoms with Gasteiger partial charge in [0.2, 0.25) is 0 Å². The van der Waals surface area contributed by atoms with Crippen molar-refractivity contribution in [1.82, 2.24) is 15.6 Å². The van der Waals surface area contributed by atoms with Crippen LogP contribution in [0.4, 0.5) is 0 Å². The molecule has 31 heavy (non-hydrogen) atoms. The molecule has 2 aromatic carbocycles. The lowest BCUT2D eigenvalue weighted by Gasteiger charge is -2.26. The molecule has 0 bridgehead atoms. The van der Waals surface area contributed by atoms with Crippen LogP contribution in [0.2, 0.25) is 0 Å². The van der Waals surface area contributed by atoms with Crippen molar-refractivity contribution in [2.45, 2.75) is 25.3 Å². The molecule has 0 radical (unpaired) electrons. The molecule has 0 saturated heterocycles. The van der Waals surface area contributed by atoms with Crippen molar-refractivity contribution in [3.63, 3.8) is 0 Å². The van der Waals surface area contributed by atoms with Crippen molar-refractivity contribution in [2.24, 2.45) is 0 Å². The standard InChI is InChI=1S/C24H22BrN3O3/c1-26-24(30)22-14-21(10-11-27-22)31-20-9-5-15-4-8-19(12-17(15)13-20)28-23(29)16-2-6-18(25)7-3-16/h2-3,5-7,9-11,13-14,19H,4,8,12H2,1H3,(H,26,30)(H,28,29). The molecule has 2 N–H and O–H groups in total. The second kappa shape index (κ2) is 9.31. The van der Waals surface area contributed by atoms with Gasteiger partial charge in [-0.15, -0.1) is 0 Å². The van der Waals surface area contributed by atoms with Gasteiger partial charge in [0.15, 0.2) is 0 Å². The zero-order valence-electron chi connectivity index (χ0n) is 17.0. The van der Waals surface area contributed by atoms with Crippen molar-refractivity contribution in [3.05, 3.63) is 87.7 Å². The Morgan fingerprint density at radius 1 is 1.00 bits per heavy atom. The lowest BCUT2D eigenvalue weighted by atomic mass is 9.88. The van der Waals surface area contributed by atoms with Crippen LogP contribution in [-0.4, -0.2) is 29.9 Å². The van der Waals surface area contributed by atoms with Crippen LogP contribution in [0.15, 0.2) is 65.3 Å². The number of carbonyl (C=O) groups excluding carboxylic acids is 2. The van der Waals surface area contributed by atoms with Gasteiger partial charge in [0.25, 0.3) is 11.8 Å². The minimum absolute atomic E-state index is 0.0631. The molecule has 2 amide bonds. The van der Waals surface area contributed by atoms with Gasteiger partial charge in [-0.3, -0.25) is 14.6 Å². The number of pyridine rings is 1. The molecule has 158 valence electrons. The normalized spacial score (nSPS) is 15.0. The third-order valence-electron chi connectivity index (χ3n) is 5.27. The molecule has 1 aliphatic carbocycles. The summed E-state index contributed by atoms with van der Waals surface area (Å²) in [4.78, 5) is 28.4. The number of aromatic nitrogens is 1. The van der Waals surface area contributed by atoms with Crippen molar-refractivity contribution in [3.8, 4) is 11.5 Å². The number of rotatable bonds is 5. The van der Waals surface area contributed by atoms with Crippen LogP contribution in [0, 0.1) is 0 Å². The molecule has 1 aliphatic rings. The van der Waals surface area contributed by atoms with Crippen LogP contribution >= 0.6 is 15.9 Å². The highest BCUT2D eigenvalue weighted by molar-refractivity contribution is 9.10. The van der Waals surface area contributed by atoms with Gasteiger partial charge >= 0.3 is 0 Å². The van der Waals surface area contributed by atoms with Crippen molar-refractivity contribution >= 4 is 27.7 Å². The summed E-state index contributed by atoms with van der Waals surface area (Å²) in [6, 6.07) is 16.7. The molecule has 1 unspecified atom stereocenters. The fraction of sp³-hybridized carbons (Fsp3) is 0.208. The Hall–Kier alpha value is -3.19. The number of aryl methyl sites for hydroxylation is 1. The molecule has 1 heterocycles. The van der Waals surface area contributed by atoms with Crippen LogP contribution in [0.5, 0.6) is 11.5 Å². The SMILES string of the molecule is CNC(=O)c1cc(Oc2ccc3c(c2)CC(NC(=O)c2ccc(Br)cc2)CC3)ccn1. The van der Waals surface area contributed by atoms with Crippen LogP contribution in [0.3, 0.4) is 0 Å². The van der Waals surface area contributed by atoms with Crippen molar-refractivity contribution in [1.29, 1.82) is 0 Å². The van der Waals surface area contributed by atoms with Gasteiger partial charge in [-0.2, -0.15) is 0 Å². The summed E-state index contributed by atoms with van der Waals surface area (Å²) in [5.41, 5.74) is 3.37. The quantitative estimate of drug-likeness (QED) is 0.572. The molecule has 4 rings (SSSR count). The number of ether oxygens (including phenoxy) is 1. The summed E-state index contributed by atoms with van der Waals surface area (Å²) in [6.45, 7) is 0. The molecule has 0 fully saturated rings. The summed E-state index contributed by atoms with van der Waals surface area (Å²) in [5, 5.41) is 5.70. The van der Waals surface area contributed by atoms with E-state index in [4.69, 9.17) is 4.74 Å². The molecular formula is C24H22BrN3O3. The fourth-order valence-corrected chi connectivity index (χ4v) is 3.92. The predicted molar refractivity (Wildman–Crippen MR) is 122 cm³/mol. The molecule has 1 aromatic heterocycles. The fourth-order valence-electron chi connectivity index (χ4n) is 3.65. The van der Waals surface area contributed by atoms with Crippen LogP contribution < -0.4 is 15.4 Å². The van der Waals surface area contributed by atoms with E-state index < -0.39 is 0 Å². The third kappa shape index (κ3) is 5.11. The van der Waals surface area contributed by atoms with Gasteiger partial charge in [-0.1, -0.05) is 22.0 Å². The van der Waals surface area contributed by atoms with Gasteiger partial charge in [-0.25, -0.2) is 0 Å². The van der Waals surface area contributed by atoms with Crippen LogP contribution in [0.1, 0.15) is 38.4 Å². The van der Waals surface area contributed by atoms with E-state index in [0.29, 0.717) is 22.8 Å². The van der Waals surface area contributed by atoms with E-state index >= 15 is 0 Å². The molecule has 0 saturated carbocycles. The summed E-state index contributed by atoms with van der Waals surface area (Å²) < 4.78 is 6.91. The van der Waals surface area contributed by atoms with Crippen molar-refractivity contribution in [2.75, 3.05) is 7.05 Å². The number of amides is 2. The Labute approximate surface area is 189 Å². The smallest absolute Gasteiger partial charge is 0.269 e. The number of fused-ring (bicyclic) bond motifs is 1. The molecule has 0 aliphatic heterocycles. The maximum Gasteiger partial charge on any atom is 0.269 e. The first-order chi connectivity index (χ1) is 15.0. The Morgan fingerprint density at radius 2 is 1.77 bits per heavy atom. The van der Waals surface area contributed by atoms with E-state index in [0.717, 1.165) is 29.3 Å².